The van der Waals surface area contributed by atoms with Gasteiger partial charge in [0.15, 0.2) is 0 Å². The number of nitrogens with zero attached hydrogens (tertiary/aromatic N) is 2. The van der Waals surface area contributed by atoms with Gasteiger partial charge in [-0.25, -0.2) is 0 Å². The molecule has 0 amide bonds. The van der Waals surface area contributed by atoms with Crippen LogP contribution in [0.1, 0.15) is 39.2 Å². The van der Waals surface area contributed by atoms with Gasteiger partial charge >= 0.3 is 0 Å². The molecule has 0 spiro atoms. The van der Waals surface area contributed by atoms with Crippen molar-refractivity contribution in [1.82, 2.24) is 15.1 Å². The van der Waals surface area contributed by atoms with Crippen LogP contribution in [0.15, 0.2) is 43.0 Å². The van der Waals surface area contributed by atoms with Crippen molar-refractivity contribution in [3.63, 3.8) is 0 Å². The predicted octanol–water partition coefficient (Wildman–Crippen LogP) is 2.84. The number of nitrogens with one attached hydrogen (secondary N) is 1. The lowest BCUT2D eigenvalue weighted by Gasteiger charge is -2.37. The van der Waals surface area contributed by atoms with E-state index >= 15 is 0 Å². The third-order valence-electron chi connectivity index (χ3n) is 6.39. The second kappa shape index (κ2) is 8.44. The van der Waals surface area contributed by atoms with Crippen LogP contribution in [0.3, 0.4) is 0 Å². The molecular formula is C23H37N3O. The zero-order valence-corrected chi connectivity index (χ0v) is 17.3. The second-order valence-electron chi connectivity index (χ2n) is 9.31. The molecule has 2 aliphatic rings. The number of benzene rings is 1. The Kier molecular flexibility index (Phi) is 6.42. The van der Waals surface area contributed by atoms with Crippen LogP contribution < -0.4 is 5.32 Å². The molecule has 150 valence electrons. The third kappa shape index (κ3) is 4.80. The molecule has 1 aromatic carbocycles. The van der Waals surface area contributed by atoms with Gasteiger partial charge in [-0.1, -0.05) is 36.4 Å². The van der Waals surface area contributed by atoms with Crippen molar-refractivity contribution in [3.8, 4) is 0 Å². The van der Waals surface area contributed by atoms with Crippen LogP contribution in [0.5, 0.6) is 0 Å². The van der Waals surface area contributed by atoms with Gasteiger partial charge in [0.2, 0.25) is 0 Å². The molecule has 2 N–H and O–H groups in total. The van der Waals surface area contributed by atoms with E-state index in [2.05, 4.69) is 54.6 Å². The van der Waals surface area contributed by atoms with Crippen molar-refractivity contribution in [2.24, 2.45) is 5.92 Å². The minimum Gasteiger partial charge on any atom is -0.383 e. The highest BCUT2D eigenvalue weighted by atomic mass is 16.3. The molecule has 0 aliphatic carbocycles. The van der Waals surface area contributed by atoms with Gasteiger partial charge in [-0.2, -0.15) is 0 Å². The summed E-state index contributed by atoms with van der Waals surface area (Å²) in [6.45, 7) is 16.3. The monoisotopic (exact) mass is 371 g/mol. The van der Waals surface area contributed by atoms with Crippen LogP contribution in [-0.4, -0.2) is 65.8 Å². The zero-order valence-electron chi connectivity index (χ0n) is 17.3. The Labute approximate surface area is 165 Å². The van der Waals surface area contributed by atoms with Crippen molar-refractivity contribution in [3.05, 3.63) is 48.6 Å². The quantitative estimate of drug-likeness (QED) is 0.754. The van der Waals surface area contributed by atoms with E-state index in [1.165, 1.54) is 12.8 Å². The first-order valence-electron chi connectivity index (χ1n) is 10.4. The fourth-order valence-corrected chi connectivity index (χ4v) is 4.56. The summed E-state index contributed by atoms with van der Waals surface area (Å²) in [6.07, 6.45) is 4.28. The van der Waals surface area contributed by atoms with Gasteiger partial charge in [-0.3, -0.25) is 4.90 Å². The van der Waals surface area contributed by atoms with Crippen molar-refractivity contribution < 1.29 is 5.11 Å². The summed E-state index contributed by atoms with van der Waals surface area (Å²) in [5.74, 6) is 0.233. The number of hydrogen-bond acceptors (Lipinski definition) is 4. The average molecular weight is 372 g/mol. The molecule has 3 rings (SSSR count). The minimum absolute atomic E-state index is 0.0686. The molecule has 27 heavy (non-hydrogen) atoms. The maximum atomic E-state index is 11.8. The first-order chi connectivity index (χ1) is 12.8. The van der Waals surface area contributed by atoms with Crippen LogP contribution >= 0.6 is 0 Å². The van der Waals surface area contributed by atoms with Crippen molar-refractivity contribution in [2.75, 3.05) is 39.3 Å². The summed E-state index contributed by atoms with van der Waals surface area (Å²) >= 11 is 0. The zero-order chi connectivity index (χ0) is 19.5. The highest BCUT2D eigenvalue weighted by molar-refractivity contribution is 5.26. The van der Waals surface area contributed by atoms with Crippen LogP contribution in [0, 0.1) is 5.92 Å². The fraction of sp³-hybridized carbons (Fsp3) is 0.652. The molecule has 0 bridgehead atoms. The lowest BCUT2D eigenvalue weighted by molar-refractivity contribution is -0.0113. The second-order valence-corrected chi connectivity index (χ2v) is 9.31. The topological polar surface area (TPSA) is 38.7 Å². The molecule has 4 heteroatoms. The third-order valence-corrected chi connectivity index (χ3v) is 6.39. The Balaban J connectivity index is 1.69. The molecule has 2 fully saturated rings. The number of piperidine rings is 1. The number of rotatable bonds is 6. The van der Waals surface area contributed by atoms with E-state index in [1.54, 1.807) is 0 Å². The van der Waals surface area contributed by atoms with Crippen LogP contribution in [0.25, 0.3) is 0 Å². The summed E-state index contributed by atoms with van der Waals surface area (Å²) < 4.78 is 0. The van der Waals surface area contributed by atoms with Gasteiger partial charge in [-0.15, -0.1) is 6.58 Å². The molecule has 1 aromatic rings. The minimum atomic E-state index is -0.771. The maximum absolute atomic E-state index is 11.8. The van der Waals surface area contributed by atoms with E-state index in [0.717, 1.165) is 38.3 Å². The van der Waals surface area contributed by atoms with Crippen LogP contribution in [0.2, 0.25) is 0 Å². The first-order valence-corrected chi connectivity index (χ1v) is 10.4. The summed E-state index contributed by atoms with van der Waals surface area (Å²) in [6, 6.07) is 10.9. The highest BCUT2D eigenvalue weighted by Gasteiger charge is 2.49. The van der Waals surface area contributed by atoms with Gasteiger partial charge in [-0.05, 0) is 52.3 Å². The molecule has 2 aliphatic heterocycles. The summed E-state index contributed by atoms with van der Waals surface area (Å²) in [4.78, 5) is 5.00. The van der Waals surface area contributed by atoms with Crippen molar-refractivity contribution >= 4 is 0 Å². The number of likely N-dealkylation sites (tertiary alicyclic amines) is 2. The van der Waals surface area contributed by atoms with Crippen molar-refractivity contribution in [2.45, 2.75) is 50.8 Å². The SMILES string of the molecule is C=CCNC1CCN(C[C@H]2CN(C(C)(C)C)C[C@]2(O)c2ccccc2)CC1. The Morgan fingerprint density at radius 1 is 1.22 bits per heavy atom. The smallest absolute Gasteiger partial charge is 0.107 e. The van der Waals surface area contributed by atoms with Crippen LogP contribution in [-0.2, 0) is 5.60 Å². The van der Waals surface area contributed by atoms with Gasteiger partial charge < -0.3 is 15.3 Å². The average Bonchev–Trinajstić information content (AvgIpc) is 3.00. The maximum Gasteiger partial charge on any atom is 0.107 e. The number of aliphatic hydroxyl groups is 1. The summed E-state index contributed by atoms with van der Waals surface area (Å²) in [7, 11) is 0. The van der Waals surface area contributed by atoms with E-state index in [1.807, 2.05) is 24.3 Å². The van der Waals surface area contributed by atoms with Gasteiger partial charge in [0, 0.05) is 43.7 Å². The number of hydrogen-bond donors (Lipinski definition) is 2. The molecule has 2 heterocycles. The highest BCUT2D eigenvalue weighted by Crippen LogP contribution is 2.40. The first kappa shape index (κ1) is 20.5. The van der Waals surface area contributed by atoms with Crippen LogP contribution in [0.4, 0.5) is 0 Å². The largest absolute Gasteiger partial charge is 0.383 e. The Bertz CT molecular complexity index is 604. The molecule has 0 unspecified atom stereocenters. The standard InChI is InChI=1S/C23H37N3O/c1-5-13-24-21-11-14-25(15-12-21)16-20-17-26(22(2,3)4)18-23(20,27)19-9-7-6-8-10-19/h5-10,20-21,24,27H,1,11-18H2,2-4H3/t20-,23-/m0/s1. The summed E-state index contributed by atoms with van der Waals surface area (Å²) in [5, 5.41) is 15.3. The molecular weight excluding hydrogens is 334 g/mol. The molecule has 0 saturated carbocycles. The Hall–Kier alpha value is -1.20. The van der Waals surface area contributed by atoms with E-state index in [-0.39, 0.29) is 11.5 Å². The Morgan fingerprint density at radius 3 is 2.48 bits per heavy atom. The van der Waals surface area contributed by atoms with E-state index < -0.39 is 5.60 Å². The van der Waals surface area contributed by atoms with E-state index in [4.69, 9.17) is 0 Å². The molecule has 4 nitrogen and oxygen atoms in total. The van der Waals surface area contributed by atoms with E-state index in [9.17, 15) is 5.11 Å². The van der Waals surface area contributed by atoms with Gasteiger partial charge in [0.05, 0.1) is 0 Å². The lowest BCUT2D eigenvalue weighted by Crippen LogP contribution is -2.47. The normalized spacial score (nSPS) is 28.5. The van der Waals surface area contributed by atoms with Crippen molar-refractivity contribution in [1.29, 1.82) is 0 Å². The molecule has 0 aromatic heterocycles. The lowest BCUT2D eigenvalue weighted by atomic mass is 9.83. The predicted molar refractivity (Wildman–Crippen MR) is 113 cm³/mol. The van der Waals surface area contributed by atoms with Gasteiger partial charge in [0.25, 0.3) is 0 Å². The molecule has 0 radical (unpaired) electrons. The molecule has 2 atom stereocenters. The van der Waals surface area contributed by atoms with E-state index in [0.29, 0.717) is 12.6 Å². The van der Waals surface area contributed by atoms with Gasteiger partial charge in [0.1, 0.15) is 5.60 Å². The Morgan fingerprint density at radius 2 is 1.89 bits per heavy atom. The molecule has 2 saturated heterocycles. The fourth-order valence-electron chi connectivity index (χ4n) is 4.56. The summed E-state index contributed by atoms with van der Waals surface area (Å²) in [5.41, 5.74) is 0.357. The number of β-amino-alcohol motifs (C(OH)–C–C–N with tert-alkyl or cyclic N) is 1.